The van der Waals surface area contributed by atoms with Gasteiger partial charge in [-0.15, -0.1) is 0 Å². The lowest BCUT2D eigenvalue weighted by molar-refractivity contribution is 0.208. The molecule has 2 heterocycles. The molecular formula is C15H14Cl3N5O. The highest BCUT2D eigenvalue weighted by molar-refractivity contribution is 6.35. The molecule has 1 aliphatic rings. The summed E-state index contributed by atoms with van der Waals surface area (Å²) in [6.07, 6.45) is 1.62. The maximum absolute atomic E-state index is 12.4. The molecule has 1 fully saturated rings. The van der Waals surface area contributed by atoms with Crippen molar-refractivity contribution >= 4 is 52.3 Å². The number of piperazine rings is 1. The Hall–Kier alpha value is -1.76. The van der Waals surface area contributed by atoms with Crippen molar-refractivity contribution < 1.29 is 4.79 Å². The van der Waals surface area contributed by atoms with E-state index in [-0.39, 0.29) is 11.3 Å². The minimum atomic E-state index is -0.209. The van der Waals surface area contributed by atoms with Gasteiger partial charge in [-0.05, 0) is 35.9 Å². The number of benzene rings is 1. The zero-order chi connectivity index (χ0) is 17.1. The lowest BCUT2D eigenvalue weighted by Crippen LogP contribution is -2.50. The van der Waals surface area contributed by atoms with Gasteiger partial charge in [-0.2, -0.15) is 0 Å². The van der Waals surface area contributed by atoms with E-state index in [4.69, 9.17) is 34.8 Å². The lowest BCUT2D eigenvalue weighted by atomic mass is 10.3. The normalized spacial score (nSPS) is 14.6. The summed E-state index contributed by atoms with van der Waals surface area (Å²) >= 11 is 17.8. The van der Waals surface area contributed by atoms with Gasteiger partial charge in [0.05, 0.1) is 10.7 Å². The van der Waals surface area contributed by atoms with E-state index < -0.39 is 0 Å². The van der Waals surface area contributed by atoms with Gasteiger partial charge in [-0.3, -0.25) is 0 Å². The Morgan fingerprint density at radius 2 is 1.83 bits per heavy atom. The molecule has 1 aliphatic heterocycles. The van der Waals surface area contributed by atoms with Crippen molar-refractivity contribution in [3.05, 3.63) is 45.8 Å². The molecule has 0 atom stereocenters. The van der Waals surface area contributed by atoms with E-state index in [2.05, 4.69) is 20.2 Å². The van der Waals surface area contributed by atoms with Gasteiger partial charge < -0.3 is 15.1 Å². The molecule has 126 valence electrons. The molecule has 2 aromatic rings. The predicted molar refractivity (Wildman–Crippen MR) is 96.3 cm³/mol. The van der Waals surface area contributed by atoms with Gasteiger partial charge in [-0.1, -0.05) is 23.2 Å². The van der Waals surface area contributed by atoms with Crippen LogP contribution in [0.25, 0.3) is 0 Å². The SMILES string of the molecule is O=C(Nc1cc(Cl)ccc1Cl)N1CCN(c2ccnc(Cl)n2)CC1. The van der Waals surface area contributed by atoms with Gasteiger partial charge in [0.25, 0.3) is 0 Å². The van der Waals surface area contributed by atoms with E-state index in [1.54, 1.807) is 35.4 Å². The molecule has 1 aromatic carbocycles. The average Bonchev–Trinajstić information content (AvgIpc) is 2.58. The fraction of sp³-hybridized carbons (Fsp3) is 0.267. The highest BCUT2D eigenvalue weighted by Gasteiger charge is 2.22. The number of halogens is 3. The van der Waals surface area contributed by atoms with E-state index in [0.717, 1.165) is 5.82 Å². The number of hydrogen-bond donors (Lipinski definition) is 1. The maximum atomic E-state index is 12.4. The number of carbonyl (C=O) groups is 1. The number of amides is 2. The molecule has 1 aromatic heterocycles. The molecule has 1 N–H and O–H groups in total. The van der Waals surface area contributed by atoms with Crippen LogP contribution in [-0.4, -0.2) is 47.1 Å². The van der Waals surface area contributed by atoms with Crippen LogP contribution >= 0.6 is 34.8 Å². The molecule has 6 nitrogen and oxygen atoms in total. The molecule has 3 rings (SSSR count). The Kier molecular flexibility index (Phi) is 5.28. The van der Waals surface area contributed by atoms with Crippen LogP contribution in [0.2, 0.25) is 15.3 Å². The Labute approximate surface area is 154 Å². The fourth-order valence-electron chi connectivity index (χ4n) is 2.43. The minimum Gasteiger partial charge on any atom is -0.353 e. The van der Waals surface area contributed by atoms with Crippen LogP contribution in [0.4, 0.5) is 16.3 Å². The van der Waals surface area contributed by atoms with E-state index in [9.17, 15) is 4.79 Å². The van der Waals surface area contributed by atoms with E-state index in [1.807, 2.05) is 0 Å². The van der Waals surface area contributed by atoms with Gasteiger partial charge in [0, 0.05) is 37.4 Å². The summed E-state index contributed by atoms with van der Waals surface area (Å²) in [6, 6.07) is 6.54. The maximum Gasteiger partial charge on any atom is 0.322 e. The number of anilines is 2. The molecule has 0 aliphatic carbocycles. The van der Waals surface area contributed by atoms with Crippen LogP contribution in [0.15, 0.2) is 30.5 Å². The third kappa shape index (κ3) is 4.01. The Balaban J connectivity index is 1.60. The topological polar surface area (TPSA) is 61.4 Å². The zero-order valence-corrected chi connectivity index (χ0v) is 14.8. The van der Waals surface area contributed by atoms with Crippen molar-refractivity contribution in [3.8, 4) is 0 Å². The smallest absolute Gasteiger partial charge is 0.322 e. The van der Waals surface area contributed by atoms with E-state index in [0.29, 0.717) is 41.9 Å². The van der Waals surface area contributed by atoms with E-state index in [1.165, 1.54) is 0 Å². The molecule has 2 amide bonds. The summed E-state index contributed by atoms with van der Waals surface area (Å²) in [7, 11) is 0. The highest BCUT2D eigenvalue weighted by Crippen LogP contribution is 2.26. The van der Waals surface area contributed by atoms with Crippen molar-refractivity contribution in [1.29, 1.82) is 0 Å². The number of nitrogens with one attached hydrogen (secondary N) is 1. The first-order valence-electron chi connectivity index (χ1n) is 7.27. The number of nitrogens with zero attached hydrogens (tertiary/aromatic N) is 4. The van der Waals surface area contributed by atoms with Crippen molar-refractivity contribution in [2.24, 2.45) is 0 Å². The highest BCUT2D eigenvalue weighted by atomic mass is 35.5. The Morgan fingerprint density at radius 1 is 1.08 bits per heavy atom. The third-order valence-electron chi connectivity index (χ3n) is 3.67. The molecule has 0 spiro atoms. The summed E-state index contributed by atoms with van der Waals surface area (Å²) < 4.78 is 0. The second kappa shape index (κ2) is 7.42. The summed E-state index contributed by atoms with van der Waals surface area (Å²) in [4.78, 5) is 24.2. The third-order valence-corrected chi connectivity index (χ3v) is 4.42. The first-order valence-corrected chi connectivity index (χ1v) is 8.41. The second-order valence-corrected chi connectivity index (χ2v) is 6.39. The molecule has 0 radical (unpaired) electrons. The van der Waals surface area contributed by atoms with E-state index >= 15 is 0 Å². The number of carbonyl (C=O) groups excluding carboxylic acids is 1. The average molecular weight is 387 g/mol. The summed E-state index contributed by atoms with van der Waals surface area (Å²) in [5.74, 6) is 0.757. The van der Waals surface area contributed by atoms with Crippen LogP contribution in [0.1, 0.15) is 0 Å². The molecule has 0 bridgehead atoms. The molecular weight excluding hydrogens is 373 g/mol. The van der Waals surface area contributed by atoms with Gasteiger partial charge in [0.2, 0.25) is 5.28 Å². The van der Waals surface area contributed by atoms with Crippen molar-refractivity contribution in [3.63, 3.8) is 0 Å². The molecule has 0 saturated carbocycles. The largest absolute Gasteiger partial charge is 0.353 e. The van der Waals surface area contributed by atoms with Crippen LogP contribution in [-0.2, 0) is 0 Å². The monoisotopic (exact) mass is 385 g/mol. The second-order valence-electron chi connectivity index (χ2n) is 5.21. The predicted octanol–water partition coefficient (Wildman–Crippen LogP) is 3.79. The Morgan fingerprint density at radius 3 is 2.54 bits per heavy atom. The molecule has 1 saturated heterocycles. The standard InChI is InChI=1S/C15H14Cl3N5O/c16-10-1-2-11(17)12(9-10)20-15(24)23-7-5-22(6-8-23)13-3-4-19-14(18)21-13/h1-4,9H,5-8H2,(H,20,24). The fourth-order valence-corrected chi connectivity index (χ4v) is 2.91. The molecule has 24 heavy (non-hydrogen) atoms. The number of aromatic nitrogens is 2. The van der Waals surface area contributed by atoms with Gasteiger partial charge in [0.1, 0.15) is 5.82 Å². The zero-order valence-electron chi connectivity index (χ0n) is 12.5. The van der Waals surface area contributed by atoms with Crippen molar-refractivity contribution in [2.45, 2.75) is 0 Å². The number of urea groups is 1. The quantitative estimate of drug-likeness (QED) is 0.798. The molecule has 0 unspecified atom stereocenters. The van der Waals surface area contributed by atoms with Gasteiger partial charge in [0.15, 0.2) is 0 Å². The first-order chi connectivity index (χ1) is 11.5. The Bertz CT molecular complexity index is 750. The van der Waals surface area contributed by atoms with Gasteiger partial charge in [-0.25, -0.2) is 14.8 Å². The summed E-state index contributed by atoms with van der Waals surface area (Å²) in [5.41, 5.74) is 0.499. The lowest BCUT2D eigenvalue weighted by Gasteiger charge is -2.35. The number of rotatable bonds is 2. The summed E-state index contributed by atoms with van der Waals surface area (Å²) in [6.45, 7) is 2.44. The number of hydrogen-bond acceptors (Lipinski definition) is 4. The summed E-state index contributed by atoms with van der Waals surface area (Å²) in [5, 5.41) is 3.96. The van der Waals surface area contributed by atoms with Crippen LogP contribution in [0, 0.1) is 0 Å². The van der Waals surface area contributed by atoms with Crippen molar-refractivity contribution in [1.82, 2.24) is 14.9 Å². The first kappa shape index (κ1) is 17.1. The minimum absolute atomic E-state index is 0.209. The van der Waals surface area contributed by atoms with Crippen LogP contribution in [0.3, 0.4) is 0 Å². The van der Waals surface area contributed by atoms with Crippen molar-refractivity contribution in [2.75, 3.05) is 36.4 Å². The molecule has 9 heteroatoms. The van der Waals surface area contributed by atoms with Gasteiger partial charge >= 0.3 is 6.03 Å². The van der Waals surface area contributed by atoms with Crippen LogP contribution in [0.5, 0.6) is 0 Å². The van der Waals surface area contributed by atoms with Crippen LogP contribution < -0.4 is 10.2 Å².